The van der Waals surface area contributed by atoms with E-state index < -0.39 is 0 Å². The van der Waals surface area contributed by atoms with Gasteiger partial charge in [-0.15, -0.1) is 0 Å². The molecular weight excluding hydrogens is 306 g/mol. The fraction of sp³-hybridized carbons (Fsp3) is 0.857. The molecule has 5 heteroatoms. The summed E-state index contributed by atoms with van der Waals surface area (Å²) in [5.41, 5.74) is 1.08. The molecule has 0 radical (unpaired) electrons. The van der Waals surface area contributed by atoms with Crippen molar-refractivity contribution < 1.29 is 0 Å². The van der Waals surface area contributed by atoms with Crippen molar-refractivity contribution in [1.82, 2.24) is 4.44 Å². The highest BCUT2D eigenvalue weighted by molar-refractivity contribution is 8.53. The van der Waals surface area contributed by atoms with Crippen LogP contribution in [0.2, 0.25) is 0 Å². The van der Waals surface area contributed by atoms with E-state index in [4.69, 9.17) is 0 Å². The summed E-state index contributed by atoms with van der Waals surface area (Å²) in [5, 5.41) is 3.66. The molecule has 19 heavy (non-hydrogen) atoms. The third kappa shape index (κ3) is 3.03. The van der Waals surface area contributed by atoms with E-state index in [-0.39, 0.29) is 15.5 Å². The molecule has 2 heterocycles. The molecular formula is C14H27NP4. The minimum atomic E-state index is -0.0738. The zero-order valence-electron chi connectivity index (χ0n) is 13.7. The third-order valence-electron chi connectivity index (χ3n) is 3.06. The van der Waals surface area contributed by atoms with Gasteiger partial charge in [0.1, 0.15) is 0 Å². The topological polar surface area (TPSA) is 3.24 Å². The summed E-state index contributed by atoms with van der Waals surface area (Å²) in [6.45, 7) is 21.6. The van der Waals surface area contributed by atoms with Crippen LogP contribution in [-0.2, 0) is 0 Å². The zero-order valence-corrected chi connectivity index (χ0v) is 17.3. The average Bonchev–Trinajstić information content (AvgIpc) is 2.67. The van der Waals surface area contributed by atoms with Crippen molar-refractivity contribution in [2.45, 2.75) is 67.9 Å². The van der Waals surface area contributed by atoms with Gasteiger partial charge in [-0.2, -0.15) is 0 Å². The summed E-state index contributed by atoms with van der Waals surface area (Å²) >= 11 is 0. The maximum absolute atomic E-state index is 2.90. The van der Waals surface area contributed by atoms with E-state index in [0.717, 1.165) is 0 Å². The number of hydrogen-bond acceptors (Lipinski definition) is 1. The highest BCUT2D eigenvalue weighted by Crippen LogP contribution is 2.89. The Morgan fingerprint density at radius 3 is 1.21 bits per heavy atom. The van der Waals surface area contributed by atoms with Crippen LogP contribution in [0, 0.1) is 10.8 Å². The second-order valence-corrected chi connectivity index (χ2v) is 17.0. The standard InChI is InChI=1S/C14H27NP4/c1-12(2,3)10-16-19-11(13(4,5)6)17-18(10)15(19)14(7,8)9/h1-9H3. The van der Waals surface area contributed by atoms with Crippen molar-refractivity contribution in [2.24, 2.45) is 10.8 Å². The van der Waals surface area contributed by atoms with Gasteiger partial charge in [-0.05, 0) is 47.4 Å². The predicted molar refractivity (Wildman–Crippen MR) is 98.2 cm³/mol. The molecule has 108 valence electrons. The van der Waals surface area contributed by atoms with Gasteiger partial charge in [0, 0.05) is 15.6 Å². The average molecular weight is 333 g/mol. The first-order valence-corrected chi connectivity index (χ1v) is 12.7. The maximum Gasteiger partial charge on any atom is 0.0569 e. The van der Waals surface area contributed by atoms with Crippen LogP contribution in [0.1, 0.15) is 62.3 Å². The van der Waals surface area contributed by atoms with E-state index in [1.54, 1.807) is 15.8 Å². The van der Waals surface area contributed by atoms with Gasteiger partial charge >= 0.3 is 0 Å². The predicted octanol–water partition coefficient (Wildman–Crippen LogP) is 6.98. The molecule has 0 aromatic rings. The number of hydrogen-bond donors (Lipinski definition) is 0. The molecule has 0 amide bonds. The van der Waals surface area contributed by atoms with Crippen LogP contribution in [0.3, 0.4) is 0 Å². The molecule has 0 fully saturated rings. The Labute approximate surface area is 124 Å². The number of fused-ring (bicyclic) bond motifs is 2. The van der Waals surface area contributed by atoms with Gasteiger partial charge in [-0.3, -0.25) is 0 Å². The Bertz CT molecular complexity index is 410. The molecule has 2 aliphatic rings. The largest absolute Gasteiger partial charge is 0.233 e. The molecule has 1 nitrogen and oxygen atoms in total. The maximum atomic E-state index is 2.90. The first-order valence-electron chi connectivity index (χ1n) is 6.92. The summed E-state index contributed by atoms with van der Waals surface area (Å²) in [6.07, 6.45) is 0. The molecule has 0 N–H and O–H groups in total. The van der Waals surface area contributed by atoms with Gasteiger partial charge in [0.2, 0.25) is 0 Å². The van der Waals surface area contributed by atoms with Gasteiger partial charge in [0.15, 0.2) is 0 Å². The number of rotatable bonds is 0. The smallest absolute Gasteiger partial charge is 0.0569 e. The summed E-state index contributed by atoms with van der Waals surface area (Å²) < 4.78 is 2.90. The van der Waals surface area contributed by atoms with Crippen molar-refractivity contribution in [3.8, 4) is 0 Å². The molecule has 0 aromatic heterocycles. The van der Waals surface area contributed by atoms with Crippen LogP contribution in [0.25, 0.3) is 0 Å². The van der Waals surface area contributed by atoms with Crippen molar-refractivity contribution in [3.05, 3.63) is 0 Å². The van der Waals surface area contributed by atoms with E-state index in [2.05, 4.69) is 66.8 Å². The molecule has 2 bridgehead atoms. The van der Waals surface area contributed by atoms with Gasteiger partial charge in [0.25, 0.3) is 0 Å². The normalized spacial score (nSPS) is 30.4. The summed E-state index contributed by atoms with van der Waals surface area (Å²) in [5.74, 6) is 0. The van der Waals surface area contributed by atoms with Crippen LogP contribution >= 0.6 is 31.3 Å². The second kappa shape index (κ2) is 4.83. The molecule has 0 saturated carbocycles. The van der Waals surface area contributed by atoms with E-state index in [1.165, 1.54) is 0 Å². The van der Waals surface area contributed by atoms with Crippen LogP contribution in [0.5, 0.6) is 0 Å². The van der Waals surface area contributed by atoms with Gasteiger partial charge < -0.3 is 0 Å². The summed E-state index contributed by atoms with van der Waals surface area (Å²) in [4.78, 5) is 0. The highest BCUT2D eigenvalue weighted by atomic mass is 32.1. The van der Waals surface area contributed by atoms with Crippen LogP contribution < -0.4 is 0 Å². The molecule has 2 aliphatic heterocycles. The Kier molecular flexibility index (Phi) is 4.20. The second-order valence-electron chi connectivity index (χ2n) is 8.39. The minimum Gasteiger partial charge on any atom is -0.233 e. The van der Waals surface area contributed by atoms with Crippen molar-refractivity contribution >= 4 is 41.4 Å². The third-order valence-corrected chi connectivity index (χ3v) is 19.3. The lowest BCUT2D eigenvalue weighted by molar-refractivity contribution is 0.403. The molecule has 2 unspecified atom stereocenters. The molecule has 2 rings (SSSR count). The van der Waals surface area contributed by atoms with Crippen molar-refractivity contribution in [1.29, 1.82) is 0 Å². The molecule has 0 aromatic carbocycles. The summed E-state index contributed by atoms with van der Waals surface area (Å²) in [6, 6.07) is 0. The van der Waals surface area contributed by atoms with Gasteiger partial charge in [-0.25, -0.2) is 4.44 Å². The Balaban J connectivity index is 2.43. The van der Waals surface area contributed by atoms with Crippen molar-refractivity contribution in [3.63, 3.8) is 0 Å². The van der Waals surface area contributed by atoms with Gasteiger partial charge in [-0.1, -0.05) is 41.5 Å². The Hall–Kier alpha value is 1.16. The fourth-order valence-corrected chi connectivity index (χ4v) is 25.0. The lowest BCUT2D eigenvalue weighted by Gasteiger charge is -2.37. The minimum absolute atomic E-state index is 0.0738. The van der Waals surface area contributed by atoms with E-state index in [1.807, 2.05) is 10.1 Å². The first kappa shape index (κ1) is 16.5. The van der Waals surface area contributed by atoms with Crippen molar-refractivity contribution in [2.75, 3.05) is 0 Å². The van der Waals surface area contributed by atoms with Crippen LogP contribution in [0.4, 0.5) is 0 Å². The lowest BCUT2D eigenvalue weighted by Crippen LogP contribution is -2.32. The van der Waals surface area contributed by atoms with Crippen LogP contribution in [0.15, 0.2) is 0 Å². The molecule has 2 atom stereocenters. The first-order chi connectivity index (χ1) is 8.33. The highest BCUT2D eigenvalue weighted by Gasteiger charge is 2.52. The fourth-order valence-electron chi connectivity index (χ4n) is 2.17. The monoisotopic (exact) mass is 333 g/mol. The van der Waals surface area contributed by atoms with Gasteiger partial charge in [0.05, 0.1) is 15.5 Å². The Morgan fingerprint density at radius 2 is 1.00 bits per heavy atom. The summed E-state index contributed by atoms with van der Waals surface area (Å²) in [7, 11) is 3.17. The quantitative estimate of drug-likeness (QED) is 0.432. The Morgan fingerprint density at radius 1 is 0.684 bits per heavy atom. The van der Waals surface area contributed by atoms with E-state index in [0.29, 0.717) is 16.4 Å². The van der Waals surface area contributed by atoms with E-state index in [9.17, 15) is 0 Å². The molecule has 0 saturated heterocycles. The van der Waals surface area contributed by atoms with E-state index >= 15 is 0 Å². The molecule has 0 aliphatic carbocycles. The zero-order chi connectivity index (χ0) is 14.8. The molecule has 0 spiro atoms. The lowest BCUT2D eigenvalue weighted by atomic mass is 10.0. The number of nitrogens with zero attached hydrogens (tertiary/aromatic N) is 1. The van der Waals surface area contributed by atoms with Crippen LogP contribution in [-0.4, -0.2) is 20.0 Å². The SMILES string of the molecule is CC(C)(C)C1=PP2C(C(C)(C)C)=PP1N2C(C)(C)C.